The molecule has 118 valence electrons. The molecule has 6 heteroatoms. The molecule has 3 rings (SSSR count). The van der Waals surface area contributed by atoms with Gasteiger partial charge in [0.15, 0.2) is 11.0 Å². The van der Waals surface area contributed by atoms with Gasteiger partial charge in [0, 0.05) is 19.2 Å². The van der Waals surface area contributed by atoms with Crippen LogP contribution in [0.25, 0.3) is 11.0 Å². The third-order valence-corrected chi connectivity index (χ3v) is 3.82. The van der Waals surface area contributed by atoms with Crippen molar-refractivity contribution in [3.8, 4) is 0 Å². The molecule has 0 aliphatic heterocycles. The highest BCUT2D eigenvalue weighted by molar-refractivity contribution is 5.71. The number of hydrogen-bond acceptors (Lipinski definition) is 3. The highest BCUT2D eigenvalue weighted by Gasteiger charge is 2.15. The molecule has 0 saturated carbocycles. The Labute approximate surface area is 133 Å². The first-order valence-electron chi connectivity index (χ1n) is 7.38. The minimum absolute atomic E-state index is 0.112. The first-order valence-corrected chi connectivity index (χ1v) is 7.38. The molecule has 6 nitrogen and oxygen atoms in total. The number of imidazole rings is 1. The fourth-order valence-corrected chi connectivity index (χ4v) is 2.66. The summed E-state index contributed by atoms with van der Waals surface area (Å²) in [5, 5.41) is 10.7. The molecule has 0 atom stereocenters. The van der Waals surface area contributed by atoms with Crippen molar-refractivity contribution in [1.29, 1.82) is 0 Å². The van der Waals surface area contributed by atoms with Crippen LogP contribution in [0.15, 0.2) is 54.9 Å². The second-order valence-electron chi connectivity index (χ2n) is 5.34. The summed E-state index contributed by atoms with van der Waals surface area (Å²) in [6.45, 7) is 2.10. The van der Waals surface area contributed by atoms with Gasteiger partial charge < -0.3 is 4.74 Å². The summed E-state index contributed by atoms with van der Waals surface area (Å²) in [6.07, 6.45) is 2.06. The molecule has 0 saturated heterocycles. The van der Waals surface area contributed by atoms with Gasteiger partial charge in [0.25, 0.3) is 5.69 Å². The van der Waals surface area contributed by atoms with Crippen molar-refractivity contribution in [3.63, 3.8) is 0 Å². The molecule has 0 aliphatic carbocycles. The molecule has 0 bridgehead atoms. The maximum Gasteiger partial charge on any atom is 0.269 e. The molecule has 0 aliphatic rings. The molecule has 0 spiro atoms. The van der Waals surface area contributed by atoms with Crippen molar-refractivity contribution in [2.75, 3.05) is 13.7 Å². The Morgan fingerprint density at radius 1 is 1.17 bits per heavy atom. The van der Waals surface area contributed by atoms with Gasteiger partial charge in [0.2, 0.25) is 6.33 Å². The predicted octanol–water partition coefficient (Wildman–Crippen LogP) is 2.53. The maximum absolute atomic E-state index is 10.7. The number of methoxy groups -OCH3 is 1. The number of ether oxygens (including phenoxy) is 1. The zero-order valence-electron chi connectivity index (χ0n) is 12.9. The van der Waals surface area contributed by atoms with E-state index in [2.05, 4.69) is 27.6 Å². The number of para-hydroxylation sites is 2. The Morgan fingerprint density at radius 2 is 1.91 bits per heavy atom. The number of hydrogen-bond donors (Lipinski definition) is 0. The number of rotatable bonds is 6. The summed E-state index contributed by atoms with van der Waals surface area (Å²) >= 11 is 0. The number of benzene rings is 2. The van der Waals surface area contributed by atoms with Crippen molar-refractivity contribution in [2.24, 2.45) is 0 Å². The molecular formula is C17H18N3O3+. The fourth-order valence-electron chi connectivity index (χ4n) is 2.66. The van der Waals surface area contributed by atoms with Crippen LogP contribution in [0.3, 0.4) is 0 Å². The molecule has 0 radical (unpaired) electrons. The Hall–Kier alpha value is -2.73. The summed E-state index contributed by atoms with van der Waals surface area (Å²) in [6, 6.07) is 14.9. The lowest BCUT2D eigenvalue weighted by molar-refractivity contribution is -0.663. The van der Waals surface area contributed by atoms with Gasteiger partial charge in [-0.15, -0.1) is 0 Å². The van der Waals surface area contributed by atoms with Gasteiger partial charge in [-0.25, -0.2) is 9.13 Å². The van der Waals surface area contributed by atoms with Crippen molar-refractivity contribution < 1.29 is 14.2 Å². The predicted molar refractivity (Wildman–Crippen MR) is 86.2 cm³/mol. The third kappa shape index (κ3) is 3.22. The summed E-state index contributed by atoms with van der Waals surface area (Å²) in [5.74, 6) is 0. The van der Waals surface area contributed by atoms with Crippen LogP contribution in [0.1, 0.15) is 5.56 Å². The molecule has 0 N–H and O–H groups in total. The molecule has 1 aromatic heterocycles. The number of nitrogens with zero attached hydrogens (tertiary/aromatic N) is 3. The van der Waals surface area contributed by atoms with Crippen LogP contribution in [0.5, 0.6) is 0 Å². The Kier molecular flexibility index (Phi) is 4.34. The lowest BCUT2D eigenvalue weighted by atomic mass is 10.2. The van der Waals surface area contributed by atoms with Crippen LogP contribution in [0, 0.1) is 10.1 Å². The first kappa shape index (κ1) is 15.2. The van der Waals surface area contributed by atoms with Crippen molar-refractivity contribution in [3.05, 3.63) is 70.5 Å². The number of nitro groups is 1. The Balaban J connectivity index is 1.91. The lowest BCUT2D eigenvalue weighted by Crippen LogP contribution is -2.32. The highest BCUT2D eigenvalue weighted by atomic mass is 16.6. The van der Waals surface area contributed by atoms with Crippen LogP contribution in [0.4, 0.5) is 5.69 Å². The number of non-ortho nitro benzene ring substituents is 1. The van der Waals surface area contributed by atoms with E-state index in [0.717, 1.165) is 23.1 Å². The van der Waals surface area contributed by atoms with Gasteiger partial charge in [-0.05, 0) is 29.8 Å². The van der Waals surface area contributed by atoms with Gasteiger partial charge in [-0.1, -0.05) is 12.1 Å². The van der Waals surface area contributed by atoms with Crippen LogP contribution < -0.4 is 4.57 Å². The topological polar surface area (TPSA) is 61.2 Å². The van der Waals surface area contributed by atoms with E-state index in [9.17, 15) is 10.1 Å². The van der Waals surface area contributed by atoms with Gasteiger partial charge >= 0.3 is 0 Å². The molecule has 1 heterocycles. The highest BCUT2D eigenvalue weighted by Crippen LogP contribution is 2.14. The Morgan fingerprint density at radius 3 is 2.61 bits per heavy atom. The third-order valence-electron chi connectivity index (χ3n) is 3.82. The number of nitro benzene ring substituents is 1. The first-order chi connectivity index (χ1) is 11.2. The minimum atomic E-state index is -0.381. The smallest absolute Gasteiger partial charge is 0.269 e. The van der Waals surface area contributed by atoms with E-state index in [1.165, 1.54) is 0 Å². The van der Waals surface area contributed by atoms with Crippen LogP contribution in [0.2, 0.25) is 0 Å². The van der Waals surface area contributed by atoms with Crippen LogP contribution in [-0.4, -0.2) is 23.2 Å². The summed E-state index contributed by atoms with van der Waals surface area (Å²) < 4.78 is 9.47. The second kappa shape index (κ2) is 6.58. The number of fused-ring (bicyclic) bond motifs is 1. The zero-order chi connectivity index (χ0) is 16.2. The molecule has 3 aromatic rings. The molecule has 0 fully saturated rings. The standard InChI is InChI=1S/C17H18N3O3/c1-23-11-10-18-13-19(17-5-3-2-4-16(17)18)12-14-6-8-15(9-7-14)20(21)22/h2-9,13H,10-12H2,1H3/q+1. The van der Waals surface area contributed by atoms with Crippen LogP contribution >= 0.6 is 0 Å². The quantitative estimate of drug-likeness (QED) is 0.399. The van der Waals surface area contributed by atoms with Gasteiger partial charge in [-0.2, -0.15) is 0 Å². The van der Waals surface area contributed by atoms with Crippen molar-refractivity contribution >= 4 is 16.7 Å². The zero-order valence-corrected chi connectivity index (χ0v) is 12.9. The van der Waals surface area contributed by atoms with Crippen LogP contribution in [-0.2, 0) is 17.8 Å². The van der Waals surface area contributed by atoms with E-state index < -0.39 is 0 Å². The molecular weight excluding hydrogens is 294 g/mol. The largest absolute Gasteiger partial charge is 0.381 e. The fraction of sp³-hybridized carbons (Fsp3) is 0.235. The van der Waals surface area contributed by atoms with Gasteiger partial charge in [-0.3, -0.25) is 10.1 Å². The summed E-state index contributed by atoms with van der Waals surface area (Å²) in [5.41, 5.74) is 3.41. The van der Waals surface area contributed by atoms with E-state index in [0.29, 0.717) is 13.2 Å². The summed E-state index contributed by atoms with van der Waals surface area (Å²) in [4.78, 5) is 10.4. The molecule has 0 amide bonds. The van der Waals surface area contributed by atoms with E-state index in [1.807, 2.05) is 12.1 Å². The van der Waals surface area contributed by atoms with Crippen molar-refractivity contribution in [1.82, 2.24) is 4.57 Å². The average molecular weight is 312 g/mol. The van der Waals surface area contributed by atoms with Gasteiger partial charge in [0.05, 0.1) is 11.5 Å². The van der Waals surface area contributed by atoms with Gasteiger partial charge in [0.1, 0.15) is 13.1 Å². The normalized spacial score (nSPS) is 11.0. The molecule has 2 aromatic carbocycles. The number of aromatic nitrogens is 2. The van der Waals surface area contributed by atoms with E-state index in [1.54, 1.807) is 31.4 Å². The molecule has 0 unspecified atom stereocenters. The minimum Gasteiger partial charge on any atom is -0.381 e. The maximum atomic E-state index is 10.7. The lowest BCUT2D eigenvalue weighted by Gasteiger charge is -1.99. The second-order valence-corrected chi connectivity index (χ2v) is 5.34. The van der Waals surface area contributed by atoms with E-state index >= 15 is 0 Å². The van der Waals surface area contributed by atoms with E-state index in [4.69, 9.17) is 4.74 Å². The average Bonchev–Trinajstić information content (AvgIpc) is 2.91. The summed E-state index contributed by atoms with van der Waals surface area (Å²) in [7, 11) is 1.69. The van der Waals surface area contributed by atoms with Crippen molar-refractivity contribution in [2.45, 2.75) is 13.1 Å². The SMILES string of the molecule is COCCn1c[n+](Cc2ccc([N+](=O)[O-])cc2)c2ccccc21. The Bertz CT molecular complexity index is 825. The van der Waals surface area contributed by atoms with E-state index in [-0.39, 0.29) is 10.6 Å². The molecule has 23 heavy (non-hydrogen) atoms. The monoisotopic (exact) mass is 312 g/mol.